The Morgan fingerprint density at radius 3 is 2.35 bits per heavy atom. The van der Waals surface area contributed by atoms with Crippen molar-refractivity contribution in [2.24, 2.45) is 0 Å². The SMILES string of the molecule is CCOC(=O)c1cccc(NC(=O)[C@H](C)Oc2ccc(OC)cc2)c1C. The van der Waals surface area contributed by atoms with Gasteiger partial charge >= 0.3 is 5.97 Å². The van der Waals surface area contributed by atoms with Crippen molar-refractivity contribution in [3.05, 3.63) is 53.6 Å². The first-order chi connectivity index (χ1) is 12.5. The first-order valence-corrected chi connectivity index (χ1v) is 8.34. The number of esters is 1. The maximum absolute atomic E-state index is 12.4. The summed E-state index contributed by atoms with van der Waals surface area (Å²) >= 11 is 0. The Kier molecular flexibility index (Phi) is 6.60. The Balaban J connectivity index is 2.06. The Labute approximate surface area is 153 Å². The highest BCUT2D eigenvalue weighted by molar-refractivity contribution is 5.98. The van der Waals surface area contributed by atoms with Gasteiger partial charge in [0, 0.05) is 5.69 Å². The van der Waals surface area contributed by atoms with E-state index < -0.39 is 12.1 Å². The topological polar surface area (TPSA) is 73.9 Å². The zero-order valence-electron chi connectivity index (χ0n) is 15.4. The smallest absolute Gasteiger partial charge is 0.338 e. The molecule has 0 unspecified atom stereocenters. The van der Waals surface area contributed by atoms with Gasteiger partial charge in [-0.05, 0) is 62.7 Å². The number of carbonyl (C=O) groups is 2. The fourth-order valence-electron chi connectivity index (χ4n) is 2.35. The molecular weight excluding hydrogens is 334 g/mol. The van der Waals surface area contributed by atoms with Crippen LogP contribution in [-0.4, -0.2) is 31.7 Å². The van der Waals surface area contributed by atoms with Gasteiger partial charge in [-0.15, -0.1) is 0 Å². The fraction of sp³-hybridized carbons (Fsp3) is 0.300. The van der Waals surface area contributed by atoms with E-state index in [2.05, 4.69) is 5.32 Å². The number of amides is 1. The van der Waals surface area contributed by atoms with Crippen molar-refractivity contribution in [3.8, 4) is 11.5 Å². The summed E-state index contributed by atoms with van der Waals surface area (Å²) in [6.45, 7) is 5.46. The van der Waals surface area contributed by atoms with Crippen LogP contribution < -0.4 is 14.8 Å². The van der Waals surface area contributed by atoms with Crippen molar-refractivity contribution in [3.63, 3.8) is 0 Å². The molecule has 0 bridgehead atoms. The molecule has 0 fully saturated rings. The van der Waals surface area contributed by atoms with Crippen molar-refractivity contribution in [2.75, 3.05) is 19.0 Å². The van der Waals surface area contributed by atoms with E-state index in [1.165, 1.54) is 0 Å². The van der Waals surface area contributed by atoms with Gasteiger partial charge in [0.25, 0.3) is 5.91 Å². The molecule has 0 heterocycles. The van der Waals surface area contributed by atoms with Crippen LogP contribution in [0.2, 0.25) is 0 Å². The summed E-state index contributed by atoms with van der Waals surface area (Å²) in [6.07, 6.45) is -0.714. The Hall–Kier alpha value is -3.02. The van der Waals surface area contributed by atoms with Crippen LogP contribution in [0.25, 0.3) is 0 Å². The minimum absolute atomic E-state index is 0.293. The van der Waals surface area contributed by atoms with E-state index in [0.717, 1.165) is 0 Å². The highest BCUT2D eigenvalue weighted by Crippen LogP contribution is 2.21. The second kappa shape index (κ2) is 8.89. The molecule has 138 valence electrons. The number of ether oxygens (including phenoxy) is 3. The lowest BCUT2D eigenvalue weighted by atomic mass is 10.1. The lowest BCUT2D eigenvalue weighted by Gasteiger charge is -2.17. The third kappa shape index (κ3) is 4.75. The van der Waals surface area contributed by atoms with Crippen LogP contribution >= 0.6 is 0 Å². The monoisotopic (exact) mass is 357 g/mol. The molecule has 0 aromatic heterocycles. The largest absolute Gasteiger partial charge is 0.497 e. The van der Waals surface area contributed by atoms with Gasteiger partial charge in [-0.1, -0.05) is 6.07 Å². The van der Waals surface area contributed by atoms with Crippen molar-refractivity contribution in [1.29, 1.82) is 0 Å². The third-order valence-corrected chi connectivity index (χ3v) is 3.83. The van der Waals surface area contributed by atoms with Crippen molar-refractivity contribution in [1.82, 2.24) is 0 Å². The molecule has 6 heteroatoms. The van der Waals surface area contributed by atoms with Crippen LogP contribution in [0.3, 0.4) is 0 Å². The van der Waals surface area contributed by atoms with Crippen LogP contribution in [0.5, 0.6) is 11.5 Å². The second-order valence-electron chi connectivity index (χ2n) is 5.62. The average molecular weight is 357 g/mol. The van der Waals surface area contributed by atoms with E-state index in [1.807, 2.05) is 0 Å². The molecule has 6 nitrogen and oxygen atoms in total. The molecule has 0 aliphatic heterocycles. The molecule has 2 aromatic carbocycles. The fourth-order valence-corrected chi connectivity index (χ4v) is 2.35. The molecular formula is C20H23NO5. The first-order valence-electron chi connectivity index (χ1n) is 8.34. The zero-order valence-corrected chi connectivity index (χ0v) is 15.4. The quantitative estimate of drug-likeness (QED) is 0.767. The highest BCUT2D eigenvalue weighted by Gasteiger charge is 2.18. The number of hydrogen-bond donors (Lipinski definition) is 1. The molecule has 0 spiro atoms. The Morgan fingerprint density at radius 2 is 1.73 bits per heavy atom. The summed E-state index contributed by atoms with van der Waals surface area (Å²) in [5.41, 5.74) is 1.62. The molecule has 1 N–H and O–H groups in total. The molecule has 0 radical (unpaired) electrons. The molecule has 26 heavy (non-hydrogen) atoms. The molecule has 0 aliphatic rings. The molecule has 1 amide bonds. The van der Waals surface area contributed by atoms with E-state index >= 15 is 0 Å². The number of benzene rings is 2. The van der Waals surface area contributed by atoms with Crippen molar-refractivity contribution < 1.29 is 23.8 Å². The molecule has 0 saturated carbocycles. The minimum Gasteiger partial charge on any atom is -0.497 e. The zero-order chi connectivity index (χ0) is 19.1. The summed E-state index contributed by atoms with van der Waals surface area (Å²) in [7, 11) is 1.58. The van der Waals surface area contributed by atoms with Gasteiger partial charge in [-0.2, -0.15) is 0 Å². The normalized spacial score (nSPS) is 11.4. The molecule has 1 atom stereocenters. The maximum atomic E-state index is 12.4. The molecule has 2 aromatic rings. The van der Waals surface area contributed by atoms with E-state index in [4.69, 9.17) is 14.2 Å². The summed E-state index contributed by atoms with van der Waals surface area (Å²) in [6, 6.07) is 12.1. The van der Waals surface area contributed by atoms with Crippen molar-refractivity contribution >= 4 is 17.6 Å². The third-order valence-electron chi connectivity index (χ3n) is 3.83. The molecule has 0 aliphatic carbocycles. The predicted octanol–water partition coefficient (Wildman–Crippen LogP) is 3.59. The highest BCUT2D eigenvalue weighted by atomic mass is 16.5. The second-order valence-corrected chi connectivity index (χ2v) is 5.62. The maximum Gasteiger partial charge on any atom is 0.338 e. The van der Waals surface area contributed by atoms with Crippen LogP contribution in [0.4, 0.5) is 5.69 Å². The summed E-state index contributed by atoms with van der Waals surface area (Å²) in [4.78, 5) is 24.4. The van der Waals surface area contributed by atoms with E-state index in [-0.39, 0.29) is 5.91 Å². The Morgan fingerprint density at radius 1 is 1.08 bits per heavy atom. The number of nitrogens with one attached hydrogen (secondary N) is 1. The van der Waals surface area contributed by atoms with Gasteiger partial charge in [0.15, 0.2) is 6.10 Å². The van der Waals surface area contributed by atoms with Crippen LogP contribution in [0.15, 0.2) is 42.5 Å². The van der Waals surface area contributed by atoms with Gasteiger partial charge < -0.3 is 19.5 Å². The number of carbonyl (C=O) groups excluding carboxylic acids is 2. The van der Waals surface area contributed by atoms with Crippen LogP contribution in [0, 0.1) is 6.92 Å². The van der Waals surface area contributed by atoms with Gasteiger partial charge in [-0.3, -0.25) is 4.79 Å². The van der Waals surface area contributed by atoms with Crippen molar-refractivity contribution in [2.45, 2.75) is 26.9 Å². The van der Waals surface area contributed by atoms with Gasteiger partial charge in [0.2, 0.25) is 0 Å². The van der Waals surface area contributed by atoms with Crippen LogP contribution in [-0.2, 0) is 9.53 Å². The van der Waals surface area contributed by atoms with Gasteiger partial charge in [0.05, 0.1) is 19.3 Å². The summed E-state index contributed by atoms with van der Waals surface area (Å²) < 4.78 is 15.8. The number of anilines is 1. The lowest BCUT2D eigenvalue weighted by Crippen LogP contribution is -2.30. The lowest BCUT2D eigenvalue weighted by molar-refractivity contribution is -0.122. The number of hydrogen-bond acceptors (Lipinski definition) is 5. The van der Waals surface area contributed by atoms with E-state index in [0.29, 0.717) is 34.9 Å². The first kappa shape index (κ1) is 19.3. The summed E-state index contributed by atoms with van der Waals surface area (Å²) in [5.74, 6) is 0.542. The summed E-state index contributed by atoms with van der Waals surface area (Å²) in [5, 5.41) is 2.79. The van der Waals surface area contributed by atoms with Gasteiger partial charge in [-0.25, -0.2) is 4.79 Å². The van der Waals surface area contributed by atoms with Gasteiger partial charge in [0.1, 0.15) is 11.5 Å². The molecule has 0 saturated heterocycles. The number of methoxy groups -OCH3 is 1. The minimum atomic E-state index is -0.714. The standard InChI is InChI=1S/C20H23NO5/c1-5-25-20(23)17-7-6-8-18(13(17)2)21-19(22)14(3)26-16-11-9-15(24-4)10-12-16/h6-12,14H,5H2,1-4H3,(H,21,22)/t14-/m0/s1. The van der Waals surface area contributed by atoms with Crippen LogP contribution in [0.1, 0.15) is 29.8 Å². The Bertz CT molecular complexity index is 770. The average Bonchev–Trinajstić information content (AvgIpc) is 2.64. The molecule has 2 rings (SSSR count). The predicted molar refractivity (Wildman–Crippen MR) is 98.8 cm³/mol. The van der Waals surface area contributed by atoms with E-state index in [1.54, 1.807) is 70.3 Å². The van der Waals surface area contributed by atoms with E-state index in [9.17, 15) is 9.59 Å². The number of rotatable bonds is 7.